The van der Waals surface area contributed by atoms with Crippen molar-refractivity contribution in [2.45, 2.75) is 12.3 Å². The van der Waals surface area contributed by atoms with Gasteiger partial charge in [-0.15, -0.1) is 0 Å². The quantitative estimate of drug-likeness (QED) is 0.836. The zero-order chi connectivity index (χ0) is 11.0. The number of hydrogen-bond acceptors (Lipinski definition) is 4. The maximum Gasteiger partial charge on any atom is 0.208 e. The molecule has 0 saturated carbocycles. The highest BCUT2D eigenvalue weighted by atomic mass is 16.5. The van der Waals surface area contributed by atoms with Crippen molar-refractivity contribution in [3.8, 4) is 5.75 Å². The average Bonchev–Trinajstić information content (AvgIpc) is 2.96. The lowest BCUT2D eigenvalue weighted by atomic mass is 10.0. The molecule has 0 radical (unpaired) electrons. The number of nitrogens with one attached hydrogen (secondary N) is 1. The second kappa shape index (κ2) is 3.79. The second-order valence-electron chi connectivity index (χ2n) is 4.09. The second-order valence-corrected chi connectivity index (χ2v) is 4.09. The smallest absolute Gasteiger partial charge is 0.208 e. The molecular weight excluding hydrogens is 204 g/mol. The molecule has 1 aliphatic rings. The van der Waals surface area contributed by atoms with Crippen molar-refractivity contribution in [2.75, 3.05) is 20.2 Å². The summed E-state index contributed by atoms with van der Waals surface area (Å²) in [6, 6.07) is 5.91. The van der Waals surface area contributed by atoms with Crippen molar-refractivity contribution in [3.63, 3.8) is 0 Å². The number of para-hydroxylation sites is 1. The molecule has 1 atom stereocenters. The first-order valence-corrected chi connectivity index (χ1v) is 5.53. The van der Waals surface area contributed by atoms with Crippen molar-refractivity contribution in [1.82, 2.24) is 10.5 Å². The number of nitrogens with zero attached hydrogens (tertiary/aromatic N) is 1. The minimum Gasteiger partial charge on any atom is -0.493 e. The van der Waals surface area contributed by atoms with Gasteiger partial charge in [0.25, 0.3) is 0 Å². The summed E-state index contributed by atoms with van der Waals surface area (Å²) in [6.07, 6.45) is 1.12. The van der Waals surface area contributed by atoms with Gasteiger partial charge in [0.1, 0.15) is 0 Å². The topological polar surface area (TPSA) is 47.3 Å². The van der Waals surface area contributed by atoms with Crippen LogP contribution in [0.15, 0.2) is 22.7 Å². The molecule has 1 saturated heterocycles. The molecule has 1 aliphatic heterocycles. The molecular formula is C12H14N2O2. The van der Waals surface area contributed by atoms with Crippen LogP contribution in [0.25, 0.3) is 11.0 Å². The van der Waals surface area contributed by atoms with Gasteiger partial charge in [-0.25, -0.2) is 0 Å². The van der Waals surface area contributed by atoms with Gasteiger partial charge in [-0.2, -0.15) is 0 Å². The molecule has 0 spiro atoms. The summed E-state index contributed by atoms with van der Waals surface area (Å²) in [5.41, 5.74) is 1.81. The van der Waals surface area contributed by atoms with Gasteiger partial charge in [0, 0.05) is 17.8 Å². The van der Waals surface area contributed by atoms with Crippen LogP contribution in [-0.4, -0.2) is 25.4 Å². The molecule has 4 nitrogen and oxygen atoms in total. The van der Waals surface area contributed by atoms with Crippen molar-refractivity contribution >= 4 is 11.0 Å². The van der Waals surface area contributed by atoms with E-state index >= 15 is 0 Å². The van der Waals surface area contributed by atoms with Gasteiger partial charge < -0.3 is 14.6 Å². The summed E-state index contributed by atoms with van der Waals surface area (Å²) >= 11 is 0. The van der Waals surface area contributed by atoms with Crippen molar-refractivity contribution < 1.29 is 9.26 Å². The summed E-state index contributed by atoms with van der Waals surface area (Å²) in [5, 5.41) is 8.61. The Kier molecular flexibility index (Phi) is 2.29. The summed E-state index contributed by atoms with van der Waals surface area (Å²) in [4.78, 5) is 0. The Bertz CT molecular complexity index is 501. The average molecular weight is 218 g/mol. The predicted molar refractivity (Wildman–Crippen MR) is 60.8 cm³/mol. The minimum atomic E-state index is 0.466. The van der Waals surface area contributed by atoms with Crippen LogP contribution in [0, 0.1) is 0 Å². The summed E-state index contributed by atoms with van der Waals surface area (Å²) in [6.45, 7) is 2.04. The predicted octanol–water partition coefficient (Wildman–Crippen LogP) is 1.91. The van der Waals surface area contributed by atoms with Crippen LogP contribution in [0.3, 0.4) is 0 Å². The summed E-state index contributed by atoms with van der Waals surface area (Å²) in [5.74, 6) is 1.22. The Hall–Kier alpha value is -1.55. The van der Waals surface area contributed by atoms with E-state index in [1.165, 1.54) is 0 Å². The van der Waals surface area contributed by atoms with Crippen molar-refractivity contribution in [3.05, 3.63) is 23.9 Å². The molecule has 2 heterocycles. The van der Waals surface area contributed by atoms with Gasteiger partial charge in [-0.3, -0.25) is 0 Å². The lowest BCUT2D eigenvalue weighted by Crippen LogP contribution is -2.08. The molecule has 0 aliphatic carbocycles. The van der Waals surface area contributed by atoms with Crippen LogP contribution in [0.2, 0.25) is 0 Å². The van der Waals surface area contributed by atoms with E-state index in [9.17, 15) is 0 Å². The molecule has 1 aromatic heterocycles. The van der Waals surface area contributed by atoms with Crippen LogP contribution in [-0.2, 0) is 0 Å². The van der Waals surface area contributed by atoms with E-state index in [4.69, 9.17) is 9.26 Å². The van der Waals surface area contributed by atoms with E-state index in [1.54, 1.807) is 7.11 Å². The van der Waals surface area contributed by atoms with Crippen LogP contribution in [0.4, 0.5) is 0 Å². The molecule has 3 rings (SSSR count). The molecule has 0 amide bonds. The fourth-order valence-corrected chi connectivity index (χ4v) is 2.30. The van der Waals surface area contributed by atoms with Gasteiger partial charge in [0.15, 0.2) is 5.75 Å². The minimum absolute atomic E-state index is 0.466. The number of fused-ring (bicyclic) bond motifs is 1. The number of hydrogen-bond donors (Lipinski definition) is 1. The van der Waals surface area contributed by atoms with Crippen LogP contribution in [0.1, 0.15) is 18.0 Å². The molecule has 84 valence electrons. The van der Waals surface area contributed by atoms with Gasteiger partial charge in [-0.05, 0) is 25.1 Å². The molecule has 0 bridgehead atoms. The number of benzene rings is 1. The van der Waals surface area contributed by atoms with E-state index in [0.29, 0.717) is 5.92 Å². The van der Waals surface area contributed by atoms with Crippen LogP contribution < -0.4 is 10.1 Å². The van der Waals surface area contributed by atoms with Gasteiger partial charge >= 0.3 is 0 Å². The first-order chi connectivity index (χ1) is 7.90. The standard InChI is InChI=1S/C12H14N2O2/c1-15-10-4-2-3-9-11(14-16-12(9)10)8-5-6-13-7-8/h2-4,8,13H,5-7H2,1H3. The van der Waals surface area contributed by atoms with E-state index in [-0.39, 0.29) is 0 Å². The Labute approximate surface area is 93.6 Å². The number of ether oxygens (including phenoxy) is 1. The van der Waals surface area contributed by atoms with E-state index in [1.807, 2.05) is 18.2 Å². The molecule has 1 N–H and O–H groups in total. The monoisotopic (exact) mass is 218 g/mol. The molecule has 4 heteroatoms. The summed E-state index contributed by atoms with van der Waals surface area (Å²) < 4.78 is 10.6. The molecule has 16 heavy (non-hydrogen) atoms. The third kappa shape index (κ3) is 1.38. The number of rotatable bonds is 2. The van der Waals surface area contributed by atoms with Gasteiger partial charge in [0.2, 0.25) is 5.58 Å². The summed E-state index contributed by atoms with van der Waals surface area (Å²) in [7, 11) is 1.65. The first kappa shape index (κ1) is 9.66. The third-order valence-electron chi connectivity index (χ3n) is 3.16. The van der Waals surface area contributed by atoms with Crippen molar-refractivity contribution in [1.29, 1.82) is 0 Å². The highest BCUT2D eigenvalue weighted by Gasteiger charge is 2.23. The normalized spacial score (nSPS) is 20.4. The fraction of sp³-hybridized carbons (Fsp3) is 0.417. The third-order valence-corrected chi connectivity index (χ3v) is 3.16. The molecule has 1 fully saturated rings. The van der Waals surface area contributed by atoms with E-state index in [0.717, 1.165) is 41.9 Å². The highest BCUT2D eigenvalue weighted by Crippen LogP contribution is 2.33. The Morgan fingerprint density at radius 3 is 3.19 bits per heavy atom. The molecule has 1 unspecified atom stereocenters. The maximum absolute atomic E-state index is 5.38. The lowest BCUT2D eigenvalue weighted by molar-refractivity contribution is 0.389. The Morgan fingerprint density at radius 1 is 1.50 bits per heavy atom. The fourth-order valence-electron chi connectivity index (χ4n) is 2.30. The van der Waals surface area contributed by atoms with E-state index < -0.39 is 0 Å². The highest BCUT2D eigenvalue weighted by molar-refractivity contribution is 5.85. The van der Waals surface area contributed by atoms with Crippen LogP contribution in [0.5, 0.6) is 5.75 Å². The molecule has 2 aromatic rings. The largest absolute Gasteiger partial charge is 0.493 e. The maximum atomic E-state index is 5.38. The van der Waals surface area contributed by atoms with Gasteiger partial charge in [-0.1, -0.05) is 11.2 Å². The first-order valence-electron chi connectivity index (χ1n) is 5.53. The molecule has 1 aromatic carbocycles. The number of aromatic nitrogens is 1. The Morgan fingerprint density at radius 2 is 2.44 bits per heavy atom. The van der Waals surface area contributed by atoms with Crippen LogP contribution >= 0.6 is 0 Å². The lowest BCUT2D eigenvalue weighted by Gasteiger charge is -2.03. The number of methoxy groups -OCH3 is 1. The SMILES string of the molecule is COc1cccc2c(C3CCNC3)noc12. The van der Waals surface area contributed by atoms with Crippen molar-refractivity contribution in [2.24, 2.45) is 0 Å². The zero-order valence-electron chi connectivity index (χ0n) is 9.19. The zero-order valence-corrected chi connectivity index (χ0v) is 9.19. The Balaban J connectivity index is 2.12. The van der Waals surface area contributed by atoms with Gasteiger partial charge in [0.05, 0.1) is 12.8 Å². The van der Waals surface area contributed by atoms with E-state index in [2.05, 4.69) is 10.5 Å².